The molecule has 0 amide bonds. The minimum Gasteiger partial charge on any atom is -0.463 e. The predicted molar refractivity (Wildman–Crippen MR) is 98.6 cm³/mol. The minimum atomic E-state index is -3.10. The number of hydrogen-bond donors (Lipinski definition) is 0. The van der Waals surface area contributed by atoms with Gasteiger partial charge in [0, 0.05) is 37.9 Å². The van der Waals surface area contributed by atoms with Crippen LogP contribution in [0.25, 0.3) is 0 Å². The fraction of sp³-hybridized carbons (Fsp3) is 0.474. The maximum atomic E-state index is 12.7. The van der Waals surface area contributed by atoms with E-state index >= 15 is 0 Å². The van der Waals surface area contributed by atoms with Crippen molar-refractivity contribution in [2.24, 2.45) is 5.92 Å². The van der Waals surface area contributed by atoms with Gasteiger partial charge in [-0.1, -0.05) is 29.8 Å². The van der Waals surface area contributed by atoms with Crippen molar-refractivity contribution in [1.29, 1.82) is 0 Å². The molecule has 2 aliphatic heterocycles. The molecular weight excluding hydrogens is 350 g/mol. The molecule has 1 aromatic heterocycles. The maximum Gasteiger partial charge on any atom is 0.316 e. The molecule has 1 spiro atoms. The topological polar surface area (TPSA) is 72.4 Å². The SMILES string of the molecule is Cc1cccc(CN2CC3(C2)C(COc2ncccn2)CCS3(=O)=O)c1. The molecule has 0 bridgehead atoms. The van der Waals surface area contributed by atoms with Crippen molar-refractivity contribution in [2.45, 2.75) is 24.6 Å². The zero-order chi connectivity index (χ0) is 18.2. The molecule has 0 N–H and O–H groups in total. The van der Waals surface area contributed by atoms with Crippen molar-refractivity contribution in [3.05, 3.63) is 53.9 Å². The molecule has 3 heterocycles. The monoisotopic (exact) mass is 373 g/mol. The zero-order valence-corrected chi connectivity index (χ0v) is 15.7. The molecule has 2 aromatic rings. The first-order chi connectivity index (χ1) is 12.5. The normalized spacial score (nSPS) is 23.7. The largest absolute Gasteiger partial charge is 0.463 e. The highest BCUT2D eigenvalue weighted by Gasteiger charge is 2.61. The van der Waals surface area contributed by atoms with Gasteiger partial charge in [-0.2, -0.15) is 0 Å². The molecule has 2 aliphatic rings. The van der Waals surface area contributed by atoms with Crippen LogP contribution in [0.3, 0.4) is 0 Å². The summed E-state index contributed by atoms with van der Waals surface area (Å²) in [6, 6.07) is 10.4. The van der Waals surface area contributed by atoms with Crippen LogP contribution in [0, 0.1) is 12.8 Å². The Kier molecular flexibility index (Phi) is 4.44. The second-order valence-corrected chi connectivity index (χ2v) is 9.80. The first-order valence-corrected chi connectivity index (χ1v) is 10.5. The number of nitrogens with zero attached hydrogens (tertiary/aromatic N) is 3. The third-order valence-corrected chi connectivity index (χ3v) is 8.13. The summed E-state index contributed by atoms with van der Waals surface area (Å²) < 4.78 is 30.5. The van der Waals surface area contributed by atoms with Gasteiger partial charge in [-0.15, -0.1) is 0 Å². The van der Waals surface area contributed by atoms with Crippen molar-refractivity contribution >= 4 is 9.84 Å². The van der Waals surface area contributed by atoms with E-state index in [1.807, 2.05) is 6.07 Å². The lowest BCUT2D eigenvalue weighted by molar-refractivity contribution is 0.0572. The Morgan fingerprint density at radius 3 is 2.73 bits per heavy atom. The molecule has 7 heteroatoms. The fourth-order valence-corrected chi connectivity index (χ4v) is 6.59. The van der Waals surface area contributed by atoms with Crippen LogP contribution in [0.1, 0.15) is 17.5 Å². The summed E-state index contributed by atoms with van der Waals surface area (Å²) in [5.41, 5.74) is 2.45. The molecule has 26 heavy (non-hydrogen) atoms. The number of rotatable bonds is 5. The molecule has 0 aliphatic carbocycles. The third-order valence-electron chi connectivity index (χ3n) is 5.53. The summed E-state index contributed by atoms with van der Waals surface area (Å²) in [4.78, 5) is 10.3. The third kappa shape index (κ3) is 3.10. The summed E-state index contributed by atoms with van der Waals surface area (Å²) in [5.74, 6) is 0.236. The molecule has 2 saturated heterocycles. The molecular formula is C19H23N3O3S. The number of sulfone groups is 1. The van der Waals surface area contributed by atoms with Gasteiger partial charge in [0.25, 0.3) is 0 Å². The Hall–Kier alpha value is -1.99. The number of aromatic nitrogens is 2. The molecule has 2 fully saturated rings. The standard InChI is InChI=1S/C19H23N3O3S/c1-15-4-2-5-16(10-15)11-22-13-19(14-22)17(6-9-26(19,23)24)12-25-18-20-7-3-8-21-18/h2-5,7-8,10,17H,6,9,11-14H2,1H3. The molecule has 6 nitrogen and oxygen atoms in total. The van der Waals surface area contributed by atoms with Crippen molar-refractivity contribution in [3.8, 4) is 6.01 Å². The molecule has 4 rings (SSSR count). The Balaban J connectivity index is 1.43. The molecule has 1 atom stereocenters. The first kappa shape index (κ1) is 17.4. The summed E-state index contributed by atoms with van der Waals surface area (Å²) in [6.07, 6.45) is 3.89. The van der Waals surface area contributed by atoms with E-state index in [0.29, 0.717) is 32.1 Å². The highest BCUT2D eigenvalue weighted by atomic mass is 32.2. The van der Waals surface area contributed by atoms with E-state index in [9.17, 15) is 8.42 Å². The van der Waals surface area contributed by atoms with Crippen molar-refractivity contribution in [2.75, 3.05) is 25.4 Å². The number of aryl methyl sites for hydroxylation is 1. The Morgan fingerprint density at radius 2 is 2.00 bits per heavy atom. The number of likely N-dealkylation sites (tertiary alicyclic amines) is 1. The molecule has 0 saturated carbocycles. The number of benzene rings is 1. The van der Waals surface area contributed by atoms with E-state index in [1.54, 1.807) is 18.5 Å². The van der Waals surface area contributed by atoms with E-state index in [1.165, 1.54) is 11.1 Å². The van der Waals surface area contributed by atoms with Crippen molar-refractivity contribution < 1.29 is 13.2 Å². The van der Waals surface area contributed by atoms with Crippen LogP contribution >= 0.6 is 0 Å². The Labute approximate surface area is 154 Å². The van der Waals surface area contributed by atoms with Gasteiger partial charge >= 0.3 is 6.01 Å². The first-order valence-electron chi connectivity index (χ1n) is 8.89. The summed E-state index contributed by atoms with van der Waals surface area (Å²) in [7, 11) is -3.10. The smallest absolute Gasteiger partial charge is 0.316 e. The van der Waals surface area contributed by atoms with E-state index in [4.69, 9.17) is 4.74 Å². The molecule has 0 radical (unpaired) electrons. The van der Waals surface area contributed by atoms with Crippen LogP contribution in [0.4, 0.5) is 0 Å². The van der Waals surface area contributed by atoms with E-state index in [0.717, 1.165) is 6.54 Å². The van der Waals surface area contributed by atoms with Crippen molar-refractivity contribution in [1.82, 2.24) is 14.9 Å². The van der Waals surface area contributed by atoms with Crippen LogP contribution in [-0.4, -0.2) is 53.5 Å². The zero-order valence-electron chi connectivity index (χ0n) is 14.8. The molecule has 138 valence electrons. The van der Waals surface area contributed by atoms with Gasteiger partial charge in [0.2, 0.25) is 0 Å². The second kappa shape index (κ2) is 6.63. The average Bonchev–Trinajstić information content (AvgIpc) is 2.85. The van der Waals surface area contributed by atoms with Crippen molar-refractivity contribution in [3.63, 3.8) is 0 Å². The van der Waals surface area contributed by atoms with Gasteiger partial charge in [-0.3, -0.25) is 4.90 Å². The lowest BCUT2D eigenvalue weighted by Gasteiger charge is -2.50. The van der Waals surface area contributed by atoms with E-state index < -0.39 is 14.6 Å². The van der Waals surface area contributed by atoms with Gasteiger partial charge < -0.3 is 4.74 Å². The summed E-state index contributed by atoms with van der Waals surface area (Å²) in [6.45, 7) is 4.36. The van der Waals surface area contributed by atoms with Crippen LogP contribution in [0.15, 0.2) is 42.7 Å². The van der Waals surface area contributed by atoms with Gasteiger partial charge in [0.1, 0.15) is 4.75 Å². The van der Waals surface area contributed by atoms with E-state index in [-0.39, 0.29) is 11.7 Å². The van der Waals surface area contributed by atoms with Gasteiger partial charge in [-0.25, -0.2) is 18.4 Å². The Morgan fingerprint density at radius 1 is 1.23 bits per heavy atom. The van der Waals surface area contributed by atoms with Gasteiger partial charge in [0.05, 0.1) is 12.4 Å². The molecule has 1 aromatic carbocycles. The van der Waals surface area contributed by atoms with Crippen LogP contribution in [0.2, 0.25) is 0 Å². The van der Waals surface area contributed by atoms with E-state index in [2.05, 4.69) is 40.0 Å². The Bertz CT molecular complexity index is 880. The lowest BCUT2D eigenvalue weighted by atomic mass is 9.83. The minimum absolute atomic E-state index is 0.00920. The van der Waals surface area contributed by atoms with Crippen LogP contribution in [-0.2, 0) is 16.4 Å². The van der Waals surface area contributed by atoms with Gasteiger partial charge in [0.15, 0.2) is 9.84 Å². The van der Waals surface area contributed by atoms with Crippen LogP contribution < -0.4 is 4.74 Å². The predicted octanol–water partition coefficient (Wildman–Crippen LogP) is 1.85. The molecule has 1 unspecified atom stereocenters. The lowest BCUT2D eigenvalue weighted by Crippen LogP contribution is -2.67. The number of hydrogen-bond acceptors (Lipinski definition) is 6. The maximum absolute atomic E-state index is 12.7. The van der Waals surface area contributed by atoms with Gasteiger partial charge in [-0.05, 0) is 25.0 Å². The number of ether oxygens (including phenoxy) is 1. The average molecular weight is 373 g/mol. The summed E-state index contributed by atoms with van der Waals surface area (Å²) in [5, 5.41) is 0. The highest BCUT2D eigenvalue weighted by molar-refractivity contribution is 7.93. The highest BCUT2D eigenvalue weighted by Crippen LogP contribution is 2.45. The fourth-order valence-electron chi connectivity index (χ4n) is 4.13. The second-order valence-electron chi connectivity index (χ2n) is 7.35. The quantitative estimate of drug-likeness (QED) is 0.797. The van der Waals surface area contributed by atoms with Crippen LogP contribution in [0.5, 0.6) is 6.01 Å². The summed E-state index contributed by atoms with van der Waals surface area (Å²) >= 11 is 0.